The standard InChI is InChI=1S/C22H28N6O2/c1-4-15(2)23-22(29)17-11-13-27(14-12-17)20-10-9-19-24-25-21(28(19)26-20)16-5-7-18(30-3)8-6-16/h5-10,15,17H,4,11-14H2,1-3H3,(H,23,29)/t15-/m1/s1. The Hall–Kier alpha value is -3.16. The molecule has 1 aliphatic rings. The Morgan fingerprint density at radius 3 is 2.57 bits per heavy atom. The van der Waals surface area contributed by atoms with Crippen molar-refractivity contribution in [2.24, 2.45) is 5.92 Å². The van der Waals surface area contributed by atoms with E-state index in [1.54, 1.807) is 11.6 Å². The van der Waals surface area contributed by atoms with Crippen molar-refractivity contribution in [1.82, 2.24) is 25.1 Å². The van der Waals surface area contributed by atoms with Crippen LogP contribution in [-0.4, -0.2) is 52.0 Å². The quantitative estimate of drug-likeness (QED) is 0.675. The van der Waals surface area contributed by atoms with E-state index in [-0.39, 0.29) is 17.9 Å². The lowest BCUT2D eigenvalue weighted by atomic mass is 9.95. The summed E-state index contributed by atoms with van der Waals surface area (Å²) in [5.74, 6) is 2.60. The molecule has 8 heteroatoms. The molecule has 1 aliphatic heterocycles. The smallest absolute Gasteiger partial charge is 0.223 e. The third-order valence-electron chi connectivity index (χ3n) is 5.79. The molecule has 1 amide bonds. The van der Waals surface area contributed by atoms with E-state index in [1.165, 1.54) is 0 Å². The molecule has 0 saturated carbocycles. The molecule has 1 aromatic carbocycles. The van der Waals surface area contributed by atoms with Crippen molar-refractivity contribution in [2.45, 2.75) is 39.2 Å². The lowest BCUT2D eigenvalue weighted by Gasteiger charge is -2.32. The maximum absolute atomic E-state index is 12.4. The van der Waals surface area contributed by atoms with Crippen LogP contribution in [0, 0.1) is 5.92 Å². The van der Waals surface area contributed by atoms with Crippen molar-refractivity contribution >= 4 is 17.4 Å². The number of ether oxygens (including phenoxy) is 1. The molecule has 30 heavy (non-hydrogen) atoms. The van der Waals surface area contributed by atoms with Crippen LogP contribution in [0.3, 0.4) is 0 Å². The number of fused-ring (bicyclic) bond motifs is 1. The van der Waals surface area contributed by atoms with Crippen LogP contribution in [0.25, 0.3) is 17.0 Å². The molecule has 4 rings (SSSR count). The minimum Gasteiger partial charge on any atom is -0.497 e. The number of carbonyl (C=O) groups is 1. The number of carbonyl (C=O) groups excluding carboxylic acids is 1. The monoisotopic (exact) mass is 408 g/mol. The van der Waals surface area contributed by atoms with Gasteiger partial charge in [0.25, 0.3) is 0 Å². The van der Waals surface area contributed by atoms with Crippen LogP contribution in [0.2, 0.25) is 0 Å². The van der Waals surface area contributed by atoms with Gasteiger partial charge >= 0.3 is 0 Å². The number of piperidine rings is 1. The molecule has 1 N–H and O–H groups in total. The number of rotatable bonds is 6. The van der Waals surface area contributed by atoms with Crippen LogP contribution in [0.5, 0.6) is 5.75 Å². The zero-order chi connectivity index (χ0) is 21.1. The van der Waals surface area contributed by atoms with Crippen LogP contribution in [0.4, 0.5) is 5.82 Å². The lowest BCUT2D eigenvalue weighted by Crippen LogP contribution is -2.43. The lowest BCUT2D eigenvalue weighted by molar-refractivity contribution is -0.126. The van der Waals surface area contributed by atoms with E-state index >= 15 is 0 Å². The van der Waals surface area contributed by atoms with Crippen LogP contribution in [-0.2, 0) is 4.79 Å². The molecule has 0 bridgehead atoms. The molecule has 0 spiro atoms. The number of aromatic nitrogens is 4. The second-order valence-electron chi connectivity index (χ2n) is 7.79. The van der Waals surface area contributed by atoms with E-state index in [0.29, 0.717) is 11.5 Å². The Balaban J connectivity index is 1.49. The van der Waals surface area contributed by atoms with Gasteiger partial charge in [0, 0.05) is 30.6 Å². The maximum atomic E-state index is 12.4. The van der Waals surface area contributed by atoms with E-state index < -0.39 is 0 Å². The molecule has 0 aliphatic carbocycles. The van der Waals surface area contributed by atoms with Gasteiger partial charge in [0.2, 0.25) is 5.91 Å². The normalized spacial score (nSPS) is 15.9. The van der Waals surface area contributed by atoms with Gasteiger partial charge in [-0.25, -0.2) is 0 Å². The SMILES string of the molecule is CC[C@@H](C)NC(=O)C1CCN(c2ccc3nnc(-c4ccc(OC)cc4)n3n2)CC1. The Morgan fingerprint density at radius 1 is 1.17 bits per heavy atom. The number of amides is 1. The summed E-state index contributed by atoms with van der Waals surface area (Å²) in [6.07, 6.45) is 2.61. The molecule has 1 fully saturated rings. The van der Waals surface area contributed by atoms with Crippen molar-refractivity contribution in [3.8, 4) is 17.1 Å². The predicted molar refractivity (Wildman–Crippen MR) is 116 cm³/mol. The van der Waals surface area contributed by atoms with Crippen molar-refractivity contribution in [2.75, 3.05) is 25.1 Å². The minimum atomic E-state index is 0.0729. The summed E-state index contributed by atoms with van der Waals surface area (Å²) in [6, 6.07) is 11.8. The first-order chi connectivity index (χ1) is 14.6. The molecular weight excluding hydrogens is 380 g/mol. The summed E-state index contributed by atoms with van der Waals surface area (Å²) in [5, 5.41) is 16.5. The number of methoxy groups -OCH3 is 1. The molecule has 1 atom stereocenters. The van der Waals surface area contributed by atoms with Crippen LogP contribution in [0.1, 0.15) is 33.1 Å². The van der Waals surface area contributed by atoms with Crippen molar-refractivity contribution in [3.05, 3.63) is 36.4 Å². The van der Waals surface area contributed by atoms with Gasteiger partial charge in [-0.15, -0.1) is 15.3 Å². The third kappa shape index (κ3) is 4.08. The van der Waals surface area contributed by atoms with Crippen molar-refractivity contribution in [1.29, 1.82) is 0 Å². The first-order valence-electron chi connectivity index (χ1n) is 10.5. The highest BCUT2D eigenvalue weighted by Gasteiger charge is 2.26. The van der Waals surface area contributed by atoms with Gasteiger partial charge in [0.05, 0.1) is 7.11 Å². The fourth-order valence-electron chi connectivity index (χ4n) is 3.70. The van der Waals surface area contributed by atoms with E-state index in [4.69, 9.17) is 9.84 Å². The van der Waals surface area contributed by atoms with Gasteiger partial charge in [-0.05, 0) is 62.6 Å². The Morgan fingerprint density at radius 2 is 1.90 bits per heavy atom. The number of nitrogens with zero attached hydrogens (tertiary/aromatic N) is 5. The molecule has 3 aromatic rings. The third-order valence-corrected chi connectivity index (χ3v) is 5.79. The van der Waals surface area contributed by atoms with E-state index in [0.717, 1.165) is 49.5 Å². The number of benzene rings is 1. The van der Waals surface area contributed by atoms with Gasteiger partial charge < -0.3 is 15.0 Å². The summed E-state index contributed by atoms with van der Waals surface area (Å²) in [5.41, 5.74) is 1.63. The molecule has 1 saturated heterocycles. The van der Waals surface area contributed by atoms with Crippen molar-refractivity contribution in [3.63, 3.8) is 0 Å². The van der Waals surface area contributed by atoms with E-state index in [1.807, 2.05) is 43.3 Å². The van der Waals surface area contributed by atoms with Gasteiger partial charge in [0.15, 0.2) is 11.5 Å². The maximum Gasteiger partial charge on any atom is 0.223 e. The molecule has 8 nitrogen and oxygen atoms in total. The zero-order valence-electron chi connectivity index (χ0n) is 17.7. The Bertz CT molecular complexity index is 1010. The van der Waals surface area contributed by atoms with Gasteiger partial charge in [0.1, 0.15) is 11.6 Å². The number of anilines is 1. The Labute approximate surface area is 176 Å². The second-order valence-corrected chi connectivity index (χ2v) is 7.79. The second kappa shape index (κ2) is 8.69. The number of nitrogens with one attached hydrogen (secondary N) is 1. The topological polar surface area (TPSA) is 84.7 Å². The average molecular weight is 409 g/mol. The van der Waals surface area contributed by atoms with Gasteiger partial charge in [-0.3, -0.25) is 4.79 Å². The highest BCUT2D eigenvalue weighted by molar-refractivity contribution is 5.79. The Kier molecular flexibility index (Phi) is 5.83. The summed E-state index contributed by atoms with van der Waals surface area (Å²) < 4.78 is 7.01. The highest BCUT2D eigenvalue weighted by Crippen LogP contribution is 2.25. The summed E-state index contributed by atoms with van der Waals surface area (Å²) in [7, 11) is 1.65. The largest absolute Gasteiger partial charge is 0.497 e. The predicted octanol–water partition coefficient (Wildman–Crippen LogP) is 2.93. The van der Waals surface area contributed by atoms with E-state index in [2.05, 4.69) is 27.3 Å². The average Bonchev–Trinajstić information content (AvgIpc) is 3.22. The fourth-order valence-corrected chi connectivity index (χ4v) is 3.70. The first kappa shape index (κ1) is 20.1. The first-order valence-corrected chi connectivity index (χ1v) is 10.5. The summed E-state index contributed by atoms with van der Waals surface area (Å²) >= 11 is 0. The fraction of sp³-hybridized carbons (Fsp3) is 0.455. The summed E-state index contributed by atoms with van der Waals surface area (Å²) in [6.45, 7) is 5.74. The summed E-state index contributed by atoms with van der Waals surface area (Å²) in [4.78, 5) is 14.6. The van der Waals surface area contributed by atoms with Crippen LogP contribution < -0.4 is 15.0 Å². The minimum absolute atomic E-state index is 0.0729. The molecule has 158 valence electrons. The van der Waals surface area contributed by atoms with Gasteiger partial charge in [-0.2, -0.15) is 4.52 Å². The highest BCUT2D eigenvalue weighted by atomic mass is 16.5. The van der Waals surface area contributed by atoms with Crippen molar-refractivity contribution < 1.29 is 9.53 Å². The number of hydrogen-bond acceptors (Lipinski definition) is 6. The van der Waals surface area contributed by atoms with Crippen LogP contribution in [0.15, 0.2) is 36.4 Å². The van der Waals surface area contributed by atoms with Gasteiger partial charge in [-0.1, -0.05) is 6.92 Å². The molecule has 2 aromatic heterocycles. The van der Waals surface area contributed by atoms with E-state index in [9.17, 15) is 4.79 Å². The molecule has 0 radical (unpaired) electrons. The number of hydrogen-bond donors (Lipinski definition) is 1. The van der Waals surface area contributed by atoms with Crippen LogP contribution >= 0.6 is 0 Å². The molecular formula is C22H28N6O2. The molecule has 3 heterocycles. The molecule has 0 unspecified atom stereocenters. The zero-order valence-corrected chi connectivity index (χ0v) is 17.7.